The lowest BCUT2D eigenvalue weighted by Gasteiger charge is -2.00. The zero-order valence-corrected chi connectivity index (χ0v) is 5.57. The largest absolute Gasteiger partial charge is 0.508 e. The van der Waals surface area contributed by atoms with Crippen LogP contribution in [-0.4, -0.2) is 18.4 Å². The Bertz CT molecular complexity index is 346. The van der Waals surface area contributed by atoms with Crippen LogP contribution < -0.4 is 4.74 Å². The van der Waals surface area contributed by atoms with E-state index in [4.69, 9.17) is 9.22 Å². The van der Waals surface area contributed by atoms with Crippen LogP contribution in [0.4, 0.5) is 0 Å². The number of benzene rings is 1. The predicted octanol–water partition coefficient (Wildman–Crippen LogP) is 1.21. The first-order valence-electron chi connectivity index (χ1n) is 4.39. The molecular weight excluding hydrogens is 144 g/mol. The number of ether oxygens (including phenoxy) is 1. The summed E-state index contributed by atoms with van der Waals surface area (Å²) in [6.07, 6.45) is 0.492. The highest BCUT2D eigenvalue weighted by molar-refractivity contribution is 5.76. The van der Waals surface area contributed by atoms with Gasteiger partial charge in [-0.2, -0.15) is 0 Å². The summed E-state index contributed by atoms with van der Waals surface area (Å²) in [6, 6.07) is 3.57. The van der Waals surface area contributed by atoms with Crippen LogP contribution in [0.1, 0.15) is 14.5 Å². The lowest BCUT2D eigenvalue weighted by atomic mass is 10.2. The summed E-state index contributed by atoms with van der Waals surface area (Å²) in [4.78, 5) is 10.4. The summed E-state index contributed by atoms with van der Waals surface area (Å²) in [5, 5.41) is 9.10. The molecular formula is C8H8O3. The Morgan fingerprint density at radius 1 is 1.64 bits per heavy atom. The Balaban J connectivity index is 2.98. The van der Waals surface area contributed by atoms with Gasteiger partial charge in [0.2, 0.25) is 0 Å². The lowest BCUT2D eigenvalue weighted by Crippen LogP contribution is -1.85. The Morgan fingerprint density at radius 2 is 2.45 bits per heavy atom. The first-order chi connectivity index (χ1) is 6.40. The van der Waals surface area contributed by atoms with Crippen LogP contribution in [0.15, 0.2) is 18.2 Å². The maximum Gasteiger partial charge on any atom is 0.150 e. The molecule has 0 unspecified atom stereocenters. The highest BCUT2D eigenvalue weighted by Crippen LogP contribution is 2.19. The minimum absolute atomic E-state index is 0.0629. The molecule has 0 aliphatic heterocycles. The molecule has 0 saturated carbocycles. The van der Waals surface area contributed by atoms with Crippen molar-refractivity contribution < 1.29 is 18.8 Å². The molecule has 58 valence electrons. The third kappa shape index (κ3) is 1.70. The van der Waals surface area contributed by atoms with Crippen LogP contribution in [0, 0.1) is 0 Å². The molecule has 0 heterocycles. The summed E-state index contributed by atoms with van der Waals surface area (Å²) in [5.41, 5.74) is 0.157. The van der Waals surface area contributed by atoms with E-state index in [2.05, 4.69) is 4.74 Å². The van der Waals surface area contributed by atoms with Gasteiger partial charge >= 0.3 is 0 Å². The number of hydrogen-bond donors (Lipinski definition) is 1. The zero-order chi connectivity index (χ0) is 10.8. The van der Waals surface area contributed by atoms with Crippen molar-refractivity contribution in [2.75, 3.05) is 7.04 Å². The molecule has 0 aromatic heterocycles. The van der Waals surface area contributed by atoms with E-state index in [9.17, 15) is 4.79 Å². The normalized spacial score (nSPS) is 14.4. The number of hydrogen-bond acceptors (Lipinski definition) is 3. The molecule has 0 aliphatic rings. The van der Waals surface area contributed by atoms with Crippen LogP contribution >= 0.6 is 0 Å². The van der Waals surface area contributed by atoms with E-state index in [0.717, 1.165) is 6.07 Å². The average molecular weight is 155 g/mol. The molecule has 3 heteroatoms. The van der Waals surface area contributed by atoms with Gasteiger partial charge in [0.1, 0.15) is 17.8 Å². The van der Waals surface area contributed by atoms with Crippen molar-refractivity contribution in [2.24, 2.45) is 0 Å². The van der Waals surface area contributed by atoms with Crippen LogP contribution in [0.25, 0.3) is 0 Å². The number of carbonyl (C=O) groups excluding carboxylic acids is 1. The molecule has 1 rings (SSSR count). The van der Waals surface area contributed by atoms with Gasteiger partial charge < -0.3 is 9.84 Å². The van der Waals surface area contributed by atoms with E-state index in [1.165, 1.54) is 12.1 Å². The minimum Gasteiger partial charge on any atom is -0.508 e. The van der Waals surface area contributed by atoms with Gasteiger partial charge in [0.25, 0.3) is 0 Å². The number of aromatic hydroxyl groups is 1. The number of phenolic OH excluding ortho intramolecular Hbond substituents is 1. The summed E-state index contributed by atoms with van der Waals surface area (Å²) in [7, 11) is -2.59. The number of aldehydes is 1. The van der Waals surface area contributed by atoms with E-state index in [0.29, 0.717) is 6.29 Å². The summed E-state index contributed by atoms with van der Waals surface area (Å²) >= 11 is 0. The molecule has 1 aromatic rings. The van der Waals surface area contributed by atoms with Crippen molar-refractivity contribution >= 4 is 6.29 Å². The Labute approximate surface area is 68.4 Å². The first-order valence-corrected chi connectivity index (χ1v) is 2.89. The molecule has 1 aromatic carbocycles. The van der Waals surface area contributed by atoms with Crippen molar-refractivity contribution in [3.8, 4) is 11.5 Å². The fraction of sp³-hybridized carbons (Fsp3) is 0.125. The number of carbonyl (C=O) groups is 1. The van der Waals surface area contributed by atoms with E-state index in [1.54, 1.807) is 0 Å². The SMILES string of the molecule is [2H]C([2H])([2H])Oc1cc(O)cc(C=O)c1. The molecule has 0 aliphatic carbocycles. The van der Waals surface area contributed by atoms with E-state index in [1.807, 2.05) is 0 Å². The summed E-state index contributed by atoms with van der Waals surface area (Å²) in [5.74, 6) is -0.277. The van der Waals surface area contributed by atoms with Crippen LogP contribution in [0.2, 0.25) is 0 Å². The predicted molar refractivity (Wildman–Crippen MR) is 40.0 cm³/mol. The van der Waals surface area contributed by atoms with Crippen molar-refractivity contribution in [3.05, 3.63) is 23.8 Å². The highest BCUT2D eigenvalue weighted by Gasteiger charge is 1.97. The lowest BCUT2D eigenvalue weighted by molar-refractivity contribution is 0.112. The van der Waals surface area contributed by atoms with Gasteiger partial charge in [-0.15, -0.1) is 0 Å². The Kier molecular flexibility index (Phi) is 1.22. The standard InChI is InChI=1S/C8H8O3/c1-11-8-3-6(5-9)2-7(10)4-8/h2-5,10H,1H3/i1D3. The van der Waals surface area contributed by atoms with E-state index in [-0.39, 0.29) is 17.1 Å². The second kappa shape index (κ2) is 3.05. The fourth-order valence-electron chi connectivity index (χ4n) is 0.733. The summed E-state index contributed by atoms with van der Waals surface area (Å²) in [6.45, 7) is 0. The third-order valence-corrected chi connectivity index (χ3v) is 1.17. The monoisotopic (exact) mass is 155 g/mol. The van der Waals surface area contributed by atoms with E-state index >= 15 is 0 Å². The van der Waals surface area contributed by atoms with Crippen LogP contribution in [0.3, 0.4) is 0 Å². The van der Waals surface area contributed by atoms with Gasteiger partial charge in [0, 0.05) is 11.6 Å². The van der Waals surface area contributed by atoms with E-state index < -0.39 is 7.04 Å². The second-order valence-corrected chi connectivity index (χ2v) is 1.98. The maximum absolute atomic E-state index is 10.4. The molecule has 0 fully saturated rings. The van der Waals surface area contributed by atoms with Crippen molar-refractivity contribution in [3.63, 3.8) is 0 Å². The Morgan fingerprint density at radius 3 is 3.09 bits per heavy atom. The quantitative estimate of drug-likeness (QED) is 0.653. The molecule has 1 N–H and O–H groups in total. The molecule has 0 saturated heterocycles. The molecule has 3 nitrogen and oxygen atoms in total. The van der Waals surface area contributed by atoms with Gasteiger partial charge in [-0.1, -0.05) is 0 Å². The second-order valence-electron chi connectivity index (χ2n) is 1.98. The Hall–Kier alpha value is -1.51. The maximum atomic E-state index is 10.4. The smallest absolute Gasteiger partial charge is 0.150 e. The fourth-order valence-corrected chi connectivity index (χ4v) is 0.733. The number of rotatable bonds is 2. The van der Waals surface area contributed by atoms with Crippen molar-refractivity contribution in [2.45, 2.75) is 0 Å². The average Bonchev–Trinajstić information content (AvgIpc) is 1.99. The van der Waals surface area contributed by atoms with Gasteiger partial charge in [-0.25, -0.2) is 0 Å². The molecule has 0 amide bonds. The molecule has 0 atom stereocenters. The zero-order valence-electron chi connectivity index (χ0n) is 8.57. The van der Waals surface area contributed by atoms with Gasteiger partial charge in [-0.3, -0.25) is 4.79 Å². The minimum atomic E-state index is -2.59. The topological polar surface area (TPSA) is 46.5 Å². The van der Waals surface area contributed by atoms with Crippen LogP contribution in [-0.2, 0) is 0 Å². The first kappa shape index (κ1) is 4.38. The van der Waals surface area contributed by atoms with Gasteiger partial charge in [0.05, 0.1) is 11.2 Å². The molecule has 0 radical (unpaired) electrons. The number of methoxy groups -OCH3 is 1. The third-order valence-electron chi connectivity index (χ3n) is 1.17. The highest BCUT2D eigenvalue weighted by atomic mass is 16.5. The van der Waals surface area contributed by atoms with Crippen molar-refractivity contribution in [1.29, 1.82) is 0 Å². The molecule has 11 heavy (non-hydrogen) atoms. The molecule has 0 bridgehead atoms. The number of phenols is 1. The van der Waals surface area contributed by atoms with Gasteiger partial charge in [-0.05, 0) is 12.1 Å². The summed E-state index contributed by atoms with van der Waals surface area (Å²) < 4.78 is 24.9. The van der Waals surface area contributed by atoms with Crippen LogP contribution in [0.5, 0.6) is 11.5 Å². The van der Waals surface area contributed by atoms with Crippen molar-refractivity contribution in [1.82, 2.24) is 0 Å². The molecule has 0 spiro atoms. The van der Waals surface area contributed by atoms with Gasteiger partial charge in [0.15, 0.2) is 0 Å².